The lowest BCUT2D eigenvalue weighted by molar-refractivity contribution is -0.121. The molecule has 3 N–H and O–H groups in total. The Bertz CT molecular complexity index is 903. The second-order valence-electron chi connectivity index (χ2n) is 5.46. The lowest BCUT2D eigenvalue weighted by atomic mass is 10.1. The van der Waals surface area contributed by atoms with Crippen molar-refractivity contribution in [2.75, 3.05) is 0 Å². The number of carbonyl (C=O) groups is 2. The monoisotopic (exact) mass is 325 g/mol. The van der Waals surface area contributed by atoms with Crippen LogP contribution in [0.15, 0.2) is 48.5 Å². The molecule has 0 radical (unpaired) electrons. The third kappa shape index (κ3) is 3.27. The van der Waals surface area contributed by atoms with Gasteiger partial charge in [-0.05, 0) is 42.8 Å². The highest BCUT2D eigenvalue weighted by Crippen LogP contribution is 2.23. The Morgan fingerprint density at radius 2 is 1.83 bits per heavy atom. The van der Waals surface area contributed by atoms with Gasteiger partial charge in [0.2, 0.25) is 5.91 Å². The molecule has 0 unspecified atom stereocenters. The second-order valence-corrected chi connectivity index (χ2v) is 5.46. The molecule has 0 bridgehead atoms. The van der Waals surface area contributed by atoms with Crippen LogP contribution >= 0.6 is 0 Å². The van der Waals surface area contributed by atoms with E-state index in [1.807, 2.05) is 6.92 Å². The second kappa shape index (κ2) is 6.54. The van der Waals surface area contributed by atoms with E-state index in [1.54, 1.807) is 36.4 Å². The van der Waals surface area contributed by atoms with E-state index in [0.717, 1.165) is 11.2 Å². The predicted octanol–water partition coefficient (Wildman–Crippen LogP) is 2.62. The van der Waals surface area contributed by atoms with Gasteiger partial charge < -0.3 is 4.98 Å². The van der Waals surface area contributed by atoms with E-state index in [9.17, 15) is 14.0 Å². The van der Waals surface area contributed by atoms with Crippen molar-refractivity contribution in [2.45, 2.75) is 13.3 Å². The van der Waals surface area contributed by atoms with Gasteiger partial charge >= 0.3 is 0 Å². The molecule has 2 aromatic carbocycles. The van der Waals surface area contributed by atoms with Gasteiger partial charge in [0.15, 0.2) is 0 Å². The van der Waals surface area contributed by atoms with E-state index >= 15 is 0 Å². The fourth-order valence-electron chi connectivity index (χ4n) is 2.58. The number of hydrogen-bond donors (Lipinski definition) is 3. The molecule has 0 saturated carbocycles. The minimum atomic E-state index is -0.398. The van der Waals surface area contributed by atoms with E-state index in [4.69, 9.17) is 0 Å². The van der Waals surface area contributed by atoms with E-state index in [-0.39, 0.29) is 18.1 Å². The molecule has 6 heteroatoms. The summed E-state index contributed by atoms with van der Waals surface area (Å²) in [6.45, 7) is 1.82. The van der Waals surface area contributed by atoms with Crippen LogP contribution in [0.4, 0.5) is 4.39 Å². The molecule has 0 aliphatic heterocycles. The van der Waals surface area contributed by atoms with E-state index in [1.165, 1.54) is 12.1 Å². The minimum Gasteiger partial charge on any atom is -0.358 e. The summed E-state index contributed by atoms with van der Waals surface area (Å²) in [5.41, 5.74) is 7.46. The summed E-state index contributed by atoms with van der Waals surface area (Å²) in [4.78, 5) is 27.1. The molecule has 3 aromatic rings. The van der Waals surface area contributed by atoms with Crippen molar-refractivity contribution in [3.63, 3.8) is 0 Å². The summed E-state index contributed by atoms with van der Waals surface area (Å²) in [5, 5.41) is 0.664. The maximum absolute atomic E-state index is 13.4. The number of carbonyl (C=O) groups excluding carboxylic acids is 2. The molecule has 0 atom stereocenters. The minimum absolute atomic E-state index is 0.0321. The number of aryl methyl sites for hydroxylation is 1. The summed E-state index contributed by atoms with van der Waals surface area (Å²) >= 11 is 0. The van der Waals surface area contributed by atoms with Gasteiger partial charge in [0.05, 0.1) is 6.42 Å². The zero-order valence-electron chi connectivity index (χ0n) is 13.0. The molecule has 0 aliphatic rings. The van der Waals surface area contributed by atoms with Crippen LogP contribution in [0.5, 0.6) is 0 Å². The van der Waals surface area contributed by atoms with Crippen molar-refractivity contribution in [3.8, 4) is 0 Å². The Morgan fingerprint density at radius 1 is 1.08 bits per heavy atom. The Labute approximate surface area is 137 Å². The van der Waals surface area contributed by atoms with Crippen LogP contribution in [-0.4, -0.2) is 16.8 Å². The average molecular weight is 325 g/mol. The van der Waals surface area contributed by atoms with Gasteiger partial charge in [-0.25, -0.2) is 4.39 Å². The first-order chi connectivity index (χ1) is 11.5. The highest BCUT2D eigenvalue weighted by Gasteiger charge is 2.14. The lowest BCUT2D eigenvalue weighted by Gasteiger charge is -2.07. The maximum atomic E-state index is 13.4. The third-order valence-corrected chi connectivity index (χ3v) is 3.77. The van der Waals surface area contributed by atoms with Crippen LogP contribution in [-0.2, 0) is 11.2 Å². The fraction of sp³-hybridized carbons (Fsp3) is 0.111. The Morgan fingerprint density at radius 3 is 2.58 bits per heavy atom. The molecule has 5 nitrogen and oxygen atoms in total. The first-order valence-electron chi connectivity index (χ1n) is 7.45. The van der Waals surface area contributed by atoms with Crippen LogP contribution in [0.2, 0.25) is 0 Å². The van der Waals surface area contributed by atoms with Gasteiger partial charge in [-0.3, -0.25) is 20.4 Å². The number of aromatic amines is 1. The van der Waals surface area contributed by atoms with E-state index in [0.29, 0.717) is 16.5 Å². The van der Waals surface area contributed by atoms with Gasteiger partial charge in [0.1, 0.15) is 5.82 Å². The van der Waals surface area contributed by atoms with Gasteiger partial charge in [-0.2, -0.15) is 0 Å². The van der Waals surface area contributed by atoms with Gasteiger partial charge in [-0.1, -0.05) is 18.2 Å². The lowest BCUT2D eigenvalue weighted by Crippen LogP contribution is -2.42. The summed E-state index contributed by atoms with van der Waals surface area (Å²) in [5.74, 6) is -1.14. The van der Waals surface area contributed by atoms with Crippen molar-refractivity contribution in [3.05, 3.63) is 71.2 Å². The molecule has 3 rings (SSSR count). The number of H-pyrrole nitrogens is 1. The molecule has 1 heterocycles. The number of hydrazine groups is 1. The first kappa shape index (κ1) is 15.7. The number of rotatable bonds is 3. The van der Waals surface area contributed by atoms with Crippen molar-refractivity contribution in [1.82, 2.24) is 15.8 Å². The highest BCUT2D eigenvalue weighted by atomic mass is 19.1. The molecule has 122 valence electrons. The van der Waals surface area contributed by atoms with Gasteiger partial charge in [0, 0.05) is 22.2 Å². The molecule has 24 heavy (non-hydrogen) atoms. The molecule has 0 aliphatic carbocycles. The van der Waals surface area contributed by atoms with Gasteiger partial charge in [-0.15, -0.1) is 0 Å². The number of halogens is 1. The first-order valence-corrected chi connectivity index (χ1v) is 7.45. The Kier molecular flexibility index (Phi) is 4.29. The fourth-order valence-corrected chi connectivity index (χ4v) is 2.58. The number of nitrogens with one attached hydrogen (secondary N) is 3. The molecule has 1 aromatic heterocycles. The summed E-state index contributed by atoms with van der Waals surface area (Å²) < 4.78 is 13.4. The SMILES string of the molecule is Cc1[nH]c2ccc(F)cc2c1CC(=O)NNC(=O)c1ccccc1. The van der Waals surface area contributed by atoms with Crippen LogP contribution in [0.3, 0.4) is 0 Å². The summed E-state index contributed by atoms with van der Waals surface area (Å²) in [6, 6.07) is 13.0. The standard InChI is InChI=1S/C18H16FN3O2/c1-11-14(15-9-13(19)7-8-16(15)20-11)10-17(23)21-22-18(24)12-5-3-2-4-6-12/h2-9,20H,10H2,1H3,(H,21,23)(H,22,24). The zero-order chi connectivity index (χ0) is 17.1. The topological polar surface area (TPSA) is 74.0 Å². The number of hydrogen-bond acceptors (Lipinski definition) is 2. The number of aromatic nitrogens is 1. The normalized spacial score (nSPS) is 10.6. The molecular formula is C18H16FN3O2. The van der Waals surface area contributed by atoms with E-state index < -0.39 is 5.91 Å². The molecular weight excluding hydrogens is 309 g/mol. The van der Waals surface area contributed by atoms with Crippen LogP contribution in [0.25, 0.3) is 10.9 Å². The largest absolute Gasteiger partial charge is 0.358 e. The van der Waals surface area contributed by atoms with Gasteiger partial charge in [0.25, 0.3) is 5.91 Å². The Balaban J connectivity index is 1.68. The number of benzene rings is 2. The molecule has 2 amide bonds. The van der Waals surface area contributed by atoms with Crippen molar-refractivity contribution in [2.24, 2.45) is 0 Å². The van der Waals surface area contributed by atoms with Crippen LogP contribution in [0.1, 0.15) is 21.6 Å². The van der Waals surface area contributed by atoms with Crippen molar-refractivity contribution >= 4 is 22.7 Å². The maximum Gasteiger partial charge on any atom is 0.269 e. The smallest absolute Gasteiger partial charge is 0.269 e. The number of amides is 2. The van der Waals surface area contributed by atoms with Crippen molar-refractivity contribution < 1.29 is 14.0 Å². The van der Waals surface area contributed by atoms with Crippen LogP contribution < -0.4 is 10.9 Å². The molecule has 0 fully saturated rings. The van der Waals surface area contributed by atoms with Crippen LogP contribution in [0, 0.1) is 12.7 Å². The third-order valence-electron chi connectivity index (χ3n) is 3.77. The summed E-state index contributed by atoms with van der Waals surface area (Å²) in [6.07, 6.45) is 0.0321. The number of fused-ring (bicyclic) bond motifs is 1. The molecule has 0 spiro atoms. The van der Waals surface area contributed by atoms with E-state index in [2.05, 4.69) is 15.8 Å². The Hall–Kier alpha value is -3.15. The predicted molar refractivity (Wildman–Crippen MR) is 88.7 cm³/mol. The molecule has 0 saturated heterocycles. The average Bonchev–Trinajstić information content (AvgIpc) is 2.89. The van der Waals surface area contributed by atoms with Crippen molar-refractivity contribution in [1.29, 1.82) is 0 Å². The highest BCUT2D eigenvalue weighted by molar-refractivity contribution is 5.96. The quantitative estimate of drug-likeness (QED) is 0.648. The zero-order valence-corrected chi connectivity index (χ0v) is 13.0. The summed E-state index contributed by atoms with van der Waals surface area (Å²) in [7, 11) is 0.